The molecular formula is C29H41ClN2O5S. The lowest BCUT2D eigenvalue weighted by atomic mass is 9.58. The molecule has 2 heterocycles. The van der Waals surface area contributed by atoms with Gasteiger partial charge in [0, 0.05) is 24.2 Å². The lowest BCUT2D eigenvalue weighted by molar-refractivity contribution is -0.0557. The van der Waals surface area contributed by atoms with Crippen LogP contribution in [-0.4, -0.2) is 48.0 Å². The van der Waals surface area contributed by atoms with Crippen molar-refractivity contribution >= 4 is 41.1 Å². The molecule has 1 aliphatic heterocycles. The molecule has 38 heavy (non-hydrogen) atoms. The van der Waals surface area contributed by atoms with Crippen LogP contribution in [0.15, 0.2) is 24.4 Å². The summed E-state index contributed by atoms with van der Waals surface area (Å²) < 4.78 is 23.3. The van der Waals surface area contributed by atoms with Crippen LogP contribution >= 0.6 is 24.2 Å². The molecular weight excluding hydrogens is 524 g/mol. The number of halogens is 1. The molecule has 0 spiro atoms. The molecule has 9 heteroatoms. The van der Waals surface area contributed by atoms with Crippen molar-refractivity contribution in [2.24, 2.45) is 11.3 Å². The zero-order valence-electron chi connectivity index (χ0n) is 23.1. The van der Waals surface area contributed by atoms with E-state index >= 15 is 0 Å². The van der Waals surface area contributed by atoms with Crippen LogP contribution in [0.25, 0.3) is 10.8 Å². The van der Waals surface area contributed by atoms with Gasteiger partial charge in [-0.2, -0.15) is 0 Å². The Hall–Kier alpha value is -1.90. The Morgan fingerprint density at radius 2 is 2.03 bits per heavy atom. The Morgan fingerprint density at radius 1 is 1.29 bits per heavy atom. The summed E-state index contributed by atoms with van der Waals surface area (Å²) in [6, 6.07) is 5.75. The Bertz CT molecular complexity index is 1120. The van der Waals surface area contributed by atoms with Crippen molar-refractivity contribution in [3.05, 3.63) is 29.4 Å². The quantitative estimate of drug-likeness (QED) is 0.346. The number of benzene rings is 1. The fourth-order valence-electron chi connectivity index (χ4n) is 6.27. The van der Waals surface area contributed by atoms with E-state index in [1.807, 2.05) is 39.0 Å². The standard InChI is InChI=1S/C29H41ClN2O5S/c1-6-24(32-27(33)37-28(2,3)4)29(19-10-14-35-25(38)16-19)11-7-20(8-12-29)36-23-15-18-9-13-31-26(34-5)21(18)17-22(23)30/h9,13,15,17,19-20,24-25,38H,6-8,10-12,14,16H2,1-5H3,(H,32,33). The van der Waals surface area contributed by atoms with Crippen molar-refractivity contribution in [3.63, 3.8) is 0 Å². The maximum atomic E-state index is 12.8. The minimum Gasteiger partial charge on any atom is -0.489 e. The molecule has 2 aromatic rings. The van der Waals surface area contributed by atoms with E-state index in [4.69, 9.17) is 30.5 Å². The first-order valence-corrected chi connectivity index (χ1v) is 14.5. The molecule has 1 aromatic carbocycles. The largest absolute Gasteiger partial charge is 0.489 e. The van der Waals surface area contributed by atoms with Crippen LogP contribution in [0.2, 0.25) is 5.02 Å². The minimum absolute atomic E-state index is 0.00819. The number of fused-ring (bicyclic) bond motifs is 1. The van der Waals surface area contributed by atoms with Crippen molar-refractivity contribution in [3.8, 4) is 11.6 Å². The number of hydrogen-bond acceptors (Lipinski definition) is 7. The van der Waals surface area contributed by atoms with Gasteiger partial charge in [-0.25, -0.2) is 9.78 Å². The van der Waals surface area contributed by atoms with Crippen LogP contribution in [-0.2, 0) is 9.47 Å². The van der Waals surface area contributed by atoms with Crippen LogP contribution in [0.4, 0.5) is 4.79 Å². The summed E-state index contributed by atoms with van der Waals surface area (Å²) >= 11 is 11.3. The van der Waals surface area contributed by atoms with E-state index in [2.05, 4.69) is 29.9 Å². The molecule has 1 amide bonds. The summed E-state index contributed by atoms with van der Waals surface area (Å²) in [5.41, 5.74) is -0.709. The molecule has 1 saturated heterocycles. The number of methoxy groups -OCH3 is 1. The lowest BCUT2D eigenvalue weighted by Crippen LogP contribution is -2.55. The molecule has 0 radical (unpaired) electrons. The summed E-state index contributed by atoms with van der Waals surface area (Å²) in [5, 5.41) is 5.61. The van der Waals surface area contributed by atoms with Crippen LogP contribution in [0, 0.1) is 11.3 Å². The van der Waals surface area contributed by atoms with Gasteiger partial charge in [-0.15, -0.1) is 12.6 Å². The Kier molecular flexibility index (Phi) is 9.26. The van der Waals surface area contributed by atoms with Gasteiger partial charge in [0.2, 0.25) is 5.88 Å². The Morgan fingerprint density at radius 3 is 2.66 bits per heavy atom. The number of aromatic nitrogens is 1. The molecule has 2 aliphatic rings. The fourth-order valence-corrected chi connectivity index (χ4v) is 6.84. The minimum atomic E-state index is -0.547. The summed E-state index contributed by atoms with van der Waals surface area (Å²) in [6.07, 6.45) is 7.65. The van der Waals surface area contributed by atoms with Crippen LogP contribution < -0.4 is 14.8 Å². The second-order valence-corrected chi connectivity index (χ2v) is 12.5. The number of hydrogen-bond donors (Lipinski definition) is 2. The smallest absolute Gasteiger partial charge is 0.407 e. The van der Waals surface area contributed by atoms with E-state index in [0.29, 0.717) is 29.2 Å². The average molecular weight is 565 g/mol. The SMILES string of the molecule is CCC(NC(=O)OC(C)(C)C)C1(C2CCOC(S)C2)CCC(Oc2cc3ccnc(OC)c3cc2Cl)CC1. The zero-order valence-corrected chi connectivity index (χ0v) is 24.7. The molecule has 1 N–H and O–H groups in total. The number of pyridine rings is 1. The van der Waals surface area contributed by atoms with Gasteiger partial charge in [0.1, 0.15) is 16.8 Å². The Balaban J connectivity index is 1.53. The van der Waals surface area contributed by atoms with E-state index in [1.165, 1.54) is 0 Å². The highest BCUT2D eigenvalue weighted by Crippen LogP contribution is 2.51. The monoisotopic (exact) mass is 564 g/mol. The highest BCUT2D eigenvalue weighted by atomic mass is 35.5. The van der Waals surface area contributed by atoms with Gasteiger partial charge in [-0.1, -0.05) is 18.5 Å². The van der Waals surface area contributed by atoms with Crippen molar-refractivity contribution in [2.45, 2.75) is 95.8 Å². The van der Waals surface area contributed by atoms with E-state index in [0.717, 1.165) is 55.7 Å². The number of carbonyl (C=O) groups excluding carboxylic acids is 1. The van der Waals surface area contributed by atoms with Gasteiger partial charge in [0.15, 0.2) is 0 Å². The molecule has 3 unspecified atom stereocenters. The zero-order chi connectivity index (χ0) is 27.5. The van der Waals surface area contributed by atoms with Gasteiger partial charge >= 0.3 is 6.09 Å². The van der Waals surface area contributed by atoms with Gasteiger partial charge < -0.3 is 24.3 Å². The maximum absolute atomic E-state index is 12.8. The van der Waals surface area contributed by atoms with E-state index < -0.39 is 5.60 Å². The van der Waals surface area contributed by atoms with E-state index in [-0.39, 0.29) is 29.1 Å². The third-order valence-electron chi connectivity index (χ3n) is 8.00. The molecule has 3 atom stereocenters. The molecule has 1 aliphatic carbocycles. The van der Waals surface area contributed by atoms with Crippen molar-refractivity contribution in [2.75, 3.05) is 13.7 Å². The topological polar surface area (TPSA) is 78.9 Å². The van der Waals surface area contributed by atoms with Crippen molar-refractivity contribution in [1.82, 2.24) is 10.3 Å². The third-order valence-corrected chi connectivity index (χ3v) is 8.66. The summed E-state index contributed by atoms with van der Waals surface area (Å²) in [7, 11) is 1.60. The summed E-state index contributed by atoms with van der Waals surface area (Å²) in [5.74, 6) is 1.61. The van der Waals surface area contributed by atoms with Gasteiger partial charge in [0.05, 0.1) is 18.2 Å². The first-order chi connectivity index (χ1) is 18.0. The molecule has 4 rings (SSSR count). The van der Waals surface area contributed by atoms with Crippen molar-refractivity contribution < 1.29 is 23.7 Å². The Labute approximate surface area is 236 Å². The summed E-state index contributed by atoms with van der Waals surface area (Å²) in [6.45, 7) is 8.50. The lowest BCUT2D eigenvalue weighted by Gasteiger charge is -2.52. The fraction of sp³-hybridized carbons (Fsp3) is 0.655. The number of carbonyl (C=O) groups is 1. The van der Waals surface area contributed by atoms with Gasteiger partial charge in [-0.3, -0.25) is 0 Å². The van der Waals surface area contributed by atoms with Gasteiger partial charge in [0.25, 0.3) is 0 Å². The molecule has 0 bridgehead atoms. The number of ether oxygens (including phenoxy) is 4. The molecule has 2 fully saturated rings. The predicted molar refractivity (Wildman–Crippen MR) is 154 cm³/mol. The molecule has 210 valence electrons. The highest BCUT2D eigenvalue weighted by molar-refractivity contribution is 7.80. The summed E-state index contributed by atoms with van der Waals surface area (Å²) in [4.78, 5) is 17.1. The molecule has 7 nitrogen and oxygen atoms in total. The second kappa shape index (κ2) is 12.1. The first-order valence-electron chi connectivity index (χ1n) is 13.6. The number of rotatable bonds is 7. The van der Waals surface area contributed by atoms with E-state index in [9.17, 15) is 4.79 Å². The maximum Gasteiger partial charge on any atom is 0.407 e. The third kappa shape index (κ3) is 6.62. The number of thiol groups is 1. The van der Waals surface area contributed by atoms with Crippen LogP contribution in [0.1, 0.15) is 72.6 Å². The van der Waals surface area contributed by atoms with Crippen molar-refractivity contribution in [1.29, 1.82) is 0 Å². The molecule has 1 aromatic heterocycles. The van der Waals surface area contributed by atoms with Gasteiger partial charge in [-0.05, 0) is 101 Å². The van der Waals surface area contributed by atoms with E-state index in [1.54, 1.807) is 13.3 Å². The molecule has 1 saturated carbocycles. The van der Waals surface area contributed by atoms with Crippen LogP contribution in [0.3, 0.4) is 0 Å². The average Bonchev–Trinajstić information content (AvgIpc) is 2.87. The number of alkyl carbamates (subject to hydrolysis) is 1. The highest BCUT2D eigenvalue weighted by Gasteiger charge is 2.49. The second-order valence-electron chi connectivity index (χ2n) is 11.5. The number of amides is 1. The first kappa shape index (κ1) is 29.1. The normalized spacial score (nSPS) is 27.0. The number of nitrogens with one attached hydrogen (secondary N) is 1. The van der Waals surface area contributed by atoms with Crippen LogP contribution in [0.5, 0.6) is 11.6 Å². The predicted octanol–water partition coefficient (Wildman–Crippen LogP) is 7.19. The number of nitrogens with zero attached hydrogens (tertiary/aromatic N) is 1.